The van der Waals surface area contributed by atoms with E-state index in [-0.39, 0.29) is 30.6 Å². The lowest BCUT2D eigenvalue weighted by Gasteiger charge is -2.13. The van der Waals surface area contributed by atoms with Gasteiger partial charge in [0, 0.05) is 35.9 Å². The summed E-state index contributed by atoms with van der Waals surface area (Å²) in [6.45, 7) is 1.95. The summed E-state index contributed by atoms with van der Waals surface area (Å²) in [6.07, 6.45) is 3.59. The minimum Gasteiger partial charge on any atom is -0.469 e. The third kappa shape index (κ3) is 5.91. The second kappa shape index (κ2) is 8.53. The van der Waals surface area contributed by atoms with Gasteiger partial charge in [0.25, 0.3) is 0 Å². The number of Topliss-reactive ketones (excluding diaryl/α,β-unsaturated/α-hetero) is 1. The topological polar surface area (TPSA) is 59.3 Å². The zero-order valence-electron chi connectivity index (χ0n) is 13.0. The van der Waals surface area contributed by atoms with Gasteiger partial charge in [-0.1, -0.05) is 11.6 Å². The molecule has 2 rings (SSSR count). The SMILES string of the molecule is C[C@H](CCc1ccco1)NC(=O)CCC(=O)c1ccc(Cl)cc1. The third-order valence-corrected chi connectivity index (χ3v) is 3.81. The normalized spacial score (nSPS) is 11.9. The van der Waals surface area contributed by atoms with E-state index in [1.165, 1.54) is 0 Å². The van der Waals surface area contributed by atoms with Crippen molar-refractivity contribution >= 4 is 23.3 Å². The summed E-state index contributed by atoms with van der Waals surface area (Å²) in [4.78, 5) is 23.9. The summed E-state index contributed by atoms with van der Waals surface area (Å²) in [7, 11) is 0. The van der Waals surface area contributed by atoms with Gasteiger partial charge in [0.1, 0.15) is 5.76 Å². The molecule has 0 aliphatic heterocycles. The molecule has 0 aliphatic rings. The maximum absolute atomic E-state index is 12.0. The van der Waals surface area contributed by atoms with Crippen molar-refractivity contribution in [1.29, 1.82) is 0 Å². The van der Waals surface area contributed by atoms with Gasteiger partial charge < -0.3 is 9.73 Å². The smallest absolute Gasteiger partial charge is 0.220 e. The number of amides is 1. The van der Waals surface area contributed by atoms with Crippen LogP contribution in [-0.2, 0) is 11.2 Å². The molecule has 1 amide bonds. The molecule has 2 aromatic rings. The molecule has 0 aliphatic carbocycles. The number of halogens is 1. The Hall–Kier alpha value is -2.07. The van der Waals surface area contributed by atoms with Gasteiger partial charge in [-0.15, -0.1) is 0 Å². The molecule has 122 valence electrons. The highest BCUT2D eigenvalue weighted by Crippen LogP contribution is 2.12. The largest absolute Gasteiger partial charge is 0.469 e. The maximum atomic E-state index is 12.0. The van der Waals surface area contributed by atoms with E-state index >= 15 is 0 Å². The number of benzene rings is 1. The first-order valence-corrected chi connectivity index (χ1v) is 8.03. The Labute approximate surface area is 140 Å². The first-order valence-electron chi connectivity index (χ1n) is 7.65. The van der Waals surface area contributed by atoms with Crippen LogP contribution >= 0.6 is 11.6 Å². The molecular weight excluding hydrogens is 314 g/mol. The van der Waals surface area contributed by atoms with Crippen LogP contribution in [0.1, 0.15) is 42.3 Å². The van der Waals surface area contributed by atoms with Crippen LogP contribution in [0.15, 0.2) is 47.1 Å². The van der Waals surface area contributed by atoms with E-state index in [9.17, 15) is 9.59 Å². The molecule has 1 atom stereocenters. The number of hydrogen-bond donors (Lipinski definition) is 1. The van der Waals surface area contributed by atoms with Gasteiger partial charge in [0.2, 0.25) is 5.91 Å². The summed E-state index contributed by atoms with van der Waals surface area (Å²) >= 11 is 5.79. The minimum atomic E-state index is -0.112. The number of rotatable bonds is 8. The molecule has 0 fully saturated rings. The molecule has 23 heavy (non-hydrogen) atoms. The standard InChI is InChI=1S/C18H20ClNO3/c1-13(4-9-16-3-2-12-23-16)20-18(22)11-10-17(21)14-5-7-15(19)8-6-14/h2-3,5-8,12-13H,4,9-11H2,1H3,(H,20,22)/t13-/m1/s1. The average Bonchev–Trinajstić information content (AvgIpc) is 3.05. The molecule has 1 heterocycles. The molecule has 1 N–H and O–H groups in total. The number of hydrogen-bond acceptors (Lipinski definition) is 3. The maximum Gasteiger partial charge on any atom is 0.220 e. The fourth-order valence-corrected chi connectivity index (χ4v) is 2.37. The van der Waals surface area contributed by atoms with Crippen molar-refractivity contribution < 1.29 is 14.0 Å². The predicted octanol–water partition coefficient (Wildman–Crippen LogP) is 4.03. The van der Waals surface area contributed by atoms with E-state index in [1.807, 2.05) is 19.1 Å². The zero-order valence-corrected chi connectivity index (χ0v) is 13.8. The second-order valence-electron chi connectivity index (χ2n) is 5.52. The lowest BCUT2D eigenvalue weighted by molar-refractivity contribution is -0.121. The van der Waals surface area contributed by atoms with Crippen molar-refractivity contribution in [2.24, 2.45) is 0 Å². The Morgan fingerprint density at radius 1 is 1.17 bits per heavy atom. The molecular formula is C18H20ClNO3. The molecule has 0 radical (unpaired) electrons. The molecule has 1 aromatic heterocycles. The first kappa shape index (κ1) is 17.3. The molecule has 0 unspecified atom stereocenters. The monoisotopic (exact) mass is 333 g/mol. The summed E-state index contributed by atoms with van der Waals surface area (Å²) < 4.78 is 5.26. The first-order chi connectivity index (χ1) is 11.0. The number of carbonyl (C=O) groups is 2. The molecule has 0 bridgehead atoms. The fourth-order valence-electron chi connectivity index (χ4n) is 2.24. The van der Waals surface area contributed by atoms with Crippen LogP contribution in [0.4, 0.5) is 0 Å². The van der Waals surface area contributed by atoms with Gasteiger partial charge in [-0.05, 0) is 49.7 Å². The van der Waals surface area contributed by atoms with Crippen molar-refractivity contribution in [1.82, 2.24) is 5.32 Å². The van der Waals surface area contributed by atoms with Crippen LogP contribution in [0.5, 0.6) is 0 Å². The van der Waals surface area contributed by atoms with Gasteiger partial charge in [0.05, 0.1) is 6.26 Å². The van der Waals surface area contributed by atoms with Crippen LogP contribution in [0, 0.1) is 0 Å². The molecule has 5 heteroatoms. The summed E-state index contributed by atoms with van der Waals surface area (Å²) in [6, 6.07) is 10.5. The number of furan rings is 1. The number of carbonyl (C=O) groups excluding carboxylic acids is 2. The summed E-state index contributed by atoms with van der Waals surface area (Å²) in [5, 5.41) is 3.49. The van der Waals surface area contributed by atoms with Crippen LogP contribution in [-0.4, -0.2) is 17.7 Å². The van der Waals surface area contributed by atoms with E-state index in [1.54, 1.807) is 30.5 Å². The van der Waals surface area contributed by atoms with Crippen molar-refractivity contribution in [2.75, 3.05) is 0 Å². The van der Waals surface area contributed by atoms with Gasteiger partial charge in [-0.3, -0.25) is 9.59 Å². The minimum absolute atomic E-state index is 0.0400. The van der Waals surface area contributed by atoms with E-state index in [4.69, 9.17) is 16.0 Å². The summed E-state index contributed by atoms with van der Waals surface area (Å²) in [5.74, 6) is 0.739. The quantitative estimate of drug-likeness (QED) is 0.742. The van der Waals surface area contributed by atoms with Crippen molar-refractivity contribution in [3.05, 3.63) is 59.0 Å². The van der Waals surface area contributed by atoms with Crippen molar-refractivity contribution in [3.8, 4) is 0 Å². The van der Waals surface area contributed by atoms with Gasteiger partial charge in [-0.2, -0.15) is 0 Å². The van der Waals surface area contributed by atoms with Crippen LogP contribution in [0.25, 0.3) is 0 Å². The van der Waals surface area contributed by atoms with Gasteiger partial charge in [0.15, 0.2) is 5.78 Å². The highest BCUT2D eigenvalue weighted by molar-refractivity contribution is 6.30. The van der Waals surface area contributed by atoms with E-state index in [0.29, 0.717) is 10.6 Å². The molecule has 0 spiro atoms. The lowest BCUT2D eigenvalue weighted by Crippen LogP contribution is -2.33. The lowest BCUT2D eigenvalue weighted by atomic mass is 10.1. The van der Waals surface area contributed by atoms with E-state index < -0.39 is 0 Å². The Morgan fingerprint density at radius 3 is 2.57 bits per heavy atom. The van der Waals surface area contributed by atoms with Crippen LogP contribution in [0.3, 0.4) is 0 Å². The third-order valence-electron chi connectivity index (χ3n) is 3.56. The van der Waals surface area contributed by atoms with Crippen molar-refractivity contribution in [3.63, 3.8) is 0 Å². The fraction of sp³-hybridized carbons (Fsp3) is 0.333. The Balaban J connectivity index is 1.69. The number of aryl methyl sites for hydroxylation is 1. The van der Waals surface area contributed by atoms with E-state index in [2.05, 4.69) is 5.32 Å². The highest BCUT2D eigenvalue weighted by Gasteiger charge is 2.12. The van der Waals surface area contributed by atoms with Gasteiger partial charge >= 0.3 is 0 Å². The van der Waals surface area contributed by atoms with Crippen molar-refractivity contribution in [2.45, 2.75) is 38.6 Å². The molecule has 4 nitrogen and oxygen atoms in total. The Kier molecular flexibility index (Phi) is 6.41. The number of ketones is 1. The number of nitrogens with one attached hydrogen (secondary N) is 1. The second-order valence-corrected chi connectivity index (χ2v) is 5.95. The zero-order chi connectivity index (χ0) is 16.7. The highest BCUT2D eigenvalue weighted by atomic mass is 35.5. The predicted molar refractivity (Wildman–Crippen MR) is 89.7 cm³/mol. The van der Waals surface area contributed by atoms with Crippen LogP contribution < -0.4 is 5.32 Å². The molecule has 0 saturated heterocycles. The van der Waals surface area contributed by atoms with Crippen LogP contribution in [0.2, 0.25) is 5.02 Å². The molecule has 0 saturated carbocycles. The van der Waals surface area contributed by atoms with E-state index in [0.717, 1.165) is 18.6 Å². The molecule has 1 aromatic carbocycles. The summed E-state index contributed by atoms with van der Waals surface area (Å²) in [5.41, 5.74) is 0.577. The van der Waals surface area contributed by atoms with Gasteiger partial charge in [-0.25, -0.2) is 0 Å². The average molecular weight is 334 g/mol. The Morgan fingerprint density at radius 2 is 1.91 bits per heavy atom. The Bertz CT molecular complexity index is 635.